The molecular weight excluding hydrogens is 198 g/mol. The first kappa shape index (κ1) is 11.6. The normalized spacial score (nSPS) is 18.9. The summed E-state index contributed by atoms with van der Waals surface area (Å²) in [4.78, 5) is 0. The maximum atomic E-state index is 9.02. The molecule has 0 fully saturated rings. The zero-order chi connectivity index (χ0) is 11.6. The number of nitrogens with two attached hydrogens (primary N) is 1. The molecule has 1 aliphatic carbocycles. The van der Waals surface area contributed by atoms with Gasteiger partial charge in [0.2, 0.25) is 0 Å². The number of aliphatic hydroxyl groups is 1. The van der Waals surface area contributed by atoms with E-state index in [1.807, 2.05) is 6.92 Å². The van der Waals surface area contributed by atoms with Gasteiger partial charge in [-0.15, -0.1) is 0 Å². The number of benzene rings is 1. The van der Waals surface area contributed by atoms with E-state index in [1.165, 1.54) is 36.8 Å². The lowest BCUT2D eigenvalue weighted by atomic mass is 9.84. The van der Waals surface area contributed by atoms with Crippen molar-refractivity contribution in [1.82, 2.24) is 0 Å². The molecule has 0 saturated heterocycles. The lowest BCUT2D eigenvalue weighted by Gasteiger charge is -2.26. The molecule has 0 spiro atoms. The van der Waals surface area contributed by atoms with E-state index in [1.54, 1.807) is 0 Å². The summed E-state index contributed by atoms with van der Waals surface area (Å²) < 4.78 is 0. The van der Waals surface area contributed by atoms with Crippen molar-refractivity contribution in [3.8, 4) is 0 Å². The van der Waals surface area contributed by atoms with Crippen LogP contribution in [0.5, 0.6) is 0 Å². The second kappa shape index (κ2) is 4.56. The molecule has 0 bridgehead atoms. The Labute approximate surface area is 97.5 Å². The van der Waals surface area contributed by atoms with E-state index in [0.29, 0.717) is 6.42 Å². The number of aliphatic hydroxyl groups excluding tert-OH is 1. The van der Waals surface area contributed by atoms with E-state index >= 15 is 0 Å². The van der Waals surface area contributed by atoms with Crippen LogP contribution < -0.4 is 5.73 Å². The quantitative estimate of drug-likeness (QED) is 0.818. The highest BCUT2D eigenvalue weighted by molar-refractivity contribution is 5.36. The summed E-state index contributed by atoms with van der Waals surface area (Å²) in [5.41, 5.74) is 9.91. The van der Waals surface area contributed by atoms with Crippen LogP contribution in [0.1, 0.15) is 42.9 Å². The maximum absolute atomic E-state index is 9.02. The monoisotopic (exact) mass is 219 g/mol. The molecule has 1 aliphatic rings. The molecule has 0 amide bonds. The van der Waals surface area contributed by atoms with Crippen molar-refractivity contribution >= 4 is 0 Å². The minimum atomic E-state index is -0.402. The van der Waals surface area contributed by atoms with Crippen LogP contribution in [0, 0.1) is 0 Å². The summed E-state index contributed by atoms with van der Waals surface area (Å²) in [5, 5.41) is 9.02. The predicted octanol–water partition coefficient (Wildman–Crippen LogP) is 2.12. The van der Waals surface area contributed by atoms with Gasteiger partial charge in [0.1, 0.15) is 0 Å². The number of rotatable bonds is 3. The topological polar surface area (TPSA) is 46.2 Å². The van der Waals surface area contributed by atoms with Crippen molar-refractivity contribution in [2.45, 2.75) is 44.6 Å². The first-order valence-corrected chi connectivity index (χ1v) is 6.15. The van der Waals surface area contributed by atoms with Gasteiger partial charge in [-0.05, 0) is 55.7 Å². The predicted molar refractivity (Wildman–Crippen MR) is 66.3 cm³/mol. The second-order valence-electron chi connectivity index (χ2n) is 5.08. The number of hydrogen-bond donors (Lipinski definition) is 2. The van der Waals surface area contributed by atoms with E-state index in [-0.39, 0.29) is 6.61 Å². The summed E-state index contributed by atoms with van der Waals surface area (Å²) in [6.45, 7) is 2.14. The van der Waals surface area contributed by atoms with Gasteiger partial charge in [0.15, 0.2) is 0 Å². The van der Waals surface area contributed by atoms with Crippen molar-refractivity contribution in [3.05, 3.63) is 34.9 Å². The van der Waals surface area contributed by atoms with Crippen LogP contribution >= 0.6 is 0 Å². The maximum Gasteiger partial charge on any atom is 0.0451 e. The summed E-state index contributed by atoms with van der Waals surface area (Å²) in [6, 6.07) is 6.58. The van der Waals surface area contributed by atoms with Crippen LogP contribution in [-0.4, -0.2) is 11.7 Å². The highest BCUT2D eigenvalue weighted by Crippen LogP contribution is 2.27. The fraction of sp³-hybridized carbons (Fsp3) is 0.571. The molecule has 16 heavy (non-hydrogen) atoms. The van der Waals surface area contributed by atoms with Crippen LogP contribution in [0.25, 0.3) is 0 Å². The molecule has 1 unspecified atom stereocenters. The van der Waals surface area contributed by atoms with Crippen LogP contribution in [0.15, 0.2) is 18.2 Å². The molecule has 0 radical (unpaired) electrons. The molecule has 2 nitrogen and oxygen atoms in total. The molecule has 1 aromatic carbocycles. The Balaban J connectivity index is 2.29. The smallest absolute Gasteiger partial charge is 0.0451 e. The van der Waals surface area contributed by atoms with E-state index < -0.39 is 5.54 Å². The van der Waals surface area contributed by atoms with Crippen LogP contribution in [0.3, 0.4) is 0 Å². The van der Waals surface area contributed by atoms with E-state index in [4.69, 9.17) is 10.8 Å². The molecule has 0 heterocycles. The standard InChI is InChI=1S/C14H21NO/c1-14(15,8-9-16)13-7-6-11-4-2-3-5-12(11)10-13/h6-7,10,16H,2-5,8-9,15H2,1H3. The van der Waals surface area contributed by atoms with Gasteiger partial charge in [-0.2, -0.15) is 0 Å². The van der Waals surface area contributed by atoms with Gasteiger partial charge < -0.3 is 10.8 Å². The molecule has 2 heteroatoms. The number of fused-ring (bicyclic) bond motifs is 1. The fourth-order valence-corrected chi connectivity index (χ4v) is 2.47. The van der Waals surface area contributed by atoms with E-state index in [9.17, 15) is 0 Å². The van der Waals surface area contributed by atoms with Crippen molar-refractivity contribution < 1.29 is 5.11 Å². The summed E-state index contributed by atoms with van der Waals surface area (Å²) in [7, 11) is 0. The van der Waals surface area contributed by atoms with Crippen molar-refractivity contribution in [2.24, 2.45) is 5.73 Å². The molecule has 3 N–H and O–H groups in total. The minimum Gasteiger partial charge on any atom is -0.396 e. The van der Waals surface area contributed by atoms with Crippen molar-refractivity contribution in [1.29, 1.82) is 0 Å². The van der Waals surface area contributed by atoms with Gasteiger partial charge in [0, 0.05) is 12.1 Å². The second-order valence-corrected chi connectivity index (χ2v) is 5.08. The molecule has 88 valence electrons. The summed E-state index contributed by atoms with van der Waals surface area (Å²) in [6.07, 6.45) is 5.60. The lowest BCUT2D eigenvalue weighted by molar-refractivity contribution is 0.247. The van der Waals surface area contributed by atoms with Crippen LogP contribution in [-0.2, 0) is 18.4 Å². The minimum absolute atomic E-state index is 0.143. The van der Waals surface area contributed by atoms with E-state index in [0.717, 1.165) is 5.56 Å². The summed E-state index contributed by atoms with van der Waals surface area (Å²) >= 11 is 0. The lowest BCUT2D eigenvalue weighted by Crippen LogP contribution is -2.34. The van der Waals surface area contributed by atoms with Gasteiger partial charge in [-0.25, -0.2) is 0 Å². The Morgan fingerprint density at radius 3 is 2.62 bits per heavy atom. The average molecular weight is 219 g/mol. The molecule has 1 atom stereocenters. The third-order valence-corrected chi connectivity index (χ3v) is 3.64. The highest BCUT2D eigenvalue weighted by Gasteiger charge is 2.22. The van der Waals surface area contributed by atoms with Crippen molar-refractivity contribution in [3.63, 3.8) is 0 Å². The Hall–Kier alpha value is -0.860. The van der Waals surface area contributed by atoms with Crippen LogP contribution in [0.4, 0.5) is 0 Å². The molecule has 0 aromatic heterocycles. The first-order chi connectivity index (χ1) is 7.63. The zero-order valence-corrected chi connectivity index (χ0v) is 10.00. The summed E-state index contributed by atoms with van der Waals surface area (Å²) in [5.74, 6) is 0. The Kier molecular flexibility index (Phi) is 3.31. The molecule has 2 rings (SSSR count). The largest absolute Gasteiger partial charge is 0.396 e. The van der Waals surface area contributed by atoms with Gasteiger partial charge in [-0.1, -0.05) is 18.2 Å². The number of aryl methyl sites for hydroxylation is 2. The van der Waals surface area contributed by atoms with E-state index in [2.05, 4.69) is 18.2 Å². The average Bonchev–Trinajstić information content (AvgIpc) is 2.28. The first-order valence-electron chi connectivity index (χ1n) is 6.15. The molecule has 1 aromatic rings. The Bertz CT molecular complexity index is 371. The number of hydrogen-bond acceptors (Lipinski definition) is 2. The van der Waals surface area contributed by atoms with Crippen LogP contribution in [0.2, 0.25) is 0 Å². The third-order valence-electron chi connectivity index (χ3n) is 3.64. The Morgan fingerprint density at radius 1 is 1.25 bits per heavy atom. The Morgan fingerprint density at radius 2 is 1.94 bits per heavy atom. The molecule has 0 saturated carbocycles. The fourth-order valence-electron chi connectivity index (χ4n) is 2.47. The van der Waals surface area contributed by atoms with Crippen molar-refractivity contribution in [2.75, 3.05) is 6.61 Å². The molecule has 0 aliphatic heterocycles. The van der Waals surface area contributed by atoms with Gasteiger partial charge >= 0.3 is 0 Å². The zero-order valence-electron chi connectivity index (χ0n) is 10.00. The molecular formula is C14H21NO. The van der Waals surface area contributed by atoms with Gasteiger partial charge in [0.25, 0.3) is 0 Å². The van der Waals surface area contributed by atoms with Gasteiger partial charge in [-0.3, -0.25) is 0 Å². The van der Waals surface area contributed by atoms with Gasteiger partial charge in [0.05, 0.1) is 0 Å². The SMILES string of the molecule is CC(N)(CCO)c1ccc2c(c1)CCCC2. The third kappa shape index (κ3) is 2.28. The highest BCUT2D eigenvalue weighted by atomic mass is 16.3.